The summed E-state index contributed by atoms with van der Waals surface area (Å²) in [5.41, 5.74) is 1.90. The van der Waals surface area contributed by atoms with Gasteiger partial charge in [-0.3, -0.25) is 4.79 Å². The fourth-order valence-corrected chi connectivity index (χ4v) is 3.25. The van der Waals surface area contributed by atoms with Crippen LogP contribution in [0.25, 0.3) is 0 Å². The number of carbonyl (C=O) groups is 1. The van der Waals surface area contributed by atoms with Crippen LogP contribution in [0.5, 0.6) is 5.75 Å². The molecule has 6 heteroatoms. The number of hydrogen-bond donors (Lipinski definition) is 1. The zero-order chi connectivity index (χ0) is 17.8. The van der Waals surface area contributed by atoms with Crippen LogP contribution in [0.1, 0.15) is 31.2 Å². The zero-order valence-corrected chi connectivity index (χ0v) is 14.6. The maximum absolute atomic E-state index is 12.2. The third-order valence-electron chi connectivity index (χ3n) is 4.68. The van der Waals surface area contributed by atoms with Gasteiger partial charge in [-0.1, -0.05) is 6.07 Å². The molecule has 0 radical (unpaired) electrons. The lowest BCUT2D eigenvalue weighted by atomic mass is 10.0. The first-order valence-electron chi connectivity index (χ1n) is 9.09. The molecule has 0 bridgehead atoms. The van der Waals surface area contributed by atoms with Crippen molar-refractivity contribution in [3.8, 4) is 5.75 Å². The molecule has 1 aromatic carbocycles. The molecule has 1 aromatic heterocycles. The average Bonchev–Trinajstić information content (AvgIpc) is 2.70. The highest BCUT2D eigenvalue weighted by molar-refractivity contribution is 6.08. The van der Waals surface area contributed by atoms with Crippen molar-refractivity contribution in [2.75, 3.05) is 18.1 Å². The third-order valence-corrected chi connectivity index (χ3v) is 4.68. The number of rotatable bonds is 4. The number of aromatic nitrogens is 1. The van der Waals surface area contributed by atoms with Gasteiger partial charge in [-0.15, -0.1) is 0 Å². The molecule has 2 aliphatic heterocycles. The minimum absolute atomic E-state index is 0.0293. The summed E-state index contributed by atoms with van der Waals surface area (Å²) in [6.07, 6.45) is 5.09. The molecule has 1 N–H and O–H groups in total. The van der Waals surface area contributed by atoms with Crippen LogP contribution in [0.2, 0.25) is 0 Å². The number of anilines is 1. The quantitative estimate of drug-likeness (QED) is 0.921. The highest BCUT2D eigenvalue weighted by atomic mass is 16.5. The van der Waals surface area contributed by atoms with Crippen molar-refractivity contribution in [3.63, 3.8) is 0 Å². The van der Waals surface area contributed by atoms with Crippen molar-refractivity contribution in [2.24, 2.45) is 5.10 Å². The minimum Gasteiger partial charge on any atom is -0.490 e. The normalized spacial score (nSPS) is 18.5. The lowest BCUT2D eigenvalue weighted by molar-refractivity contribution is -0.118. The molecule has 134 valence electrons. The van der Waals surface area contributed by atoms with Crippen LogP contribution in [-0.4, -0.2) is 35.8 Å². The number of amides is 1. The lowest BCUT2D eigenvalue weighted by Gasteiger charge is -2.24. The fraction of sp³-hybridized carbons (Fsp3) is 0.350. The van der Waals surface area contributed by atoms with Gasteiger partial charge >= 0.3 is 0 Å². The molecule has 0 unspecified atom stereocenters. The standard InChI is InChI=1S/C20H22N4O2/c25-20-9-8-18(23-24(20)19-3-1-2-12-22-19)15-4-6-16(7-5-15)26-17-10-13-21-14-11-17/h1-7,12,17,21H,8-11,13-14H2. The maximum Gasteiger partial charge on any atom is 0.249 e. The van der Waals surface area contributed by atoms with Gasteiger partial charge in [0, 0.05) is 19.0 Å². The summed E-state index contributed by atoms with van der Waals surface area (Å²) in [7, 11) is 0. The second-order valence-electron chi connectivity index (χ2n) is 6.53. The molecule has 4 rings (SSSR count). The number of ether oxygens (including phenoxy) is 1. The van der Waals surface area contributed by atoms with Crippen molar-refractivity contribution in [2.45, 2.75) is 31.8 Å². The van der Waals surface area contributed by atoms with E-state index in [0.717, 1.165) is 43.0 Å². The van der Waals surface area contributed by atoms with Crippen LogP contribution in [0.4, 0.5) is 5.82 Å². The second kappa shape index (κ2) is 7.66. The Kier molecular flexibility index (Phi) is 4.93. The number of hydrazone groups is 1. The van der Waals surface area contributed by atoms with Crippen LogP contribution < -0.4 is 15.1 Å². The Balaban J connectivity index is 1.50. The molecule has 0 aliphatic carbocycles. The van der Waals surface area contributed by atoms with Crippen LogP contribution in [0, 0.1) is 0 Å². The number of benzene rings is 1. The lowest BCUT2D eigenvalue weighted by Crippen LogP contribution is -2.34. The van der Waals surface area contributed by atoms with Gasteiger partial charge in [-0.05, 0) is 67.9 Å². The monoisotopic (exact) mass is 350 g/mol. The number of pyridine rings is 1. The Morgan fingerprint density at radius 3 is 2.58 bits per heavy atom. The average molecular weight is 350 g/mol. The van der Waals surface area contributed by atoms with E-state index in [0.29, 0.717) is 18.7 Å². The summed E-state index contributed by atoms with van der Waals surface area (Å²) in [6.45, 7) is 2.02. The molecular weight excluding hydrogens is 328 g/mol. The zero-order valence-electron chi connectivity index (χ0n) is 14.6. The first-order valence-corrected chi connectivity index (χ1v) is 9.09. The maximum atomic E-state index is 12.2. The van der Waals surface area contributed by atoms with Crippen LogP contribution >= 0.6 is 0 Å². The molecule has 0 atom stereocenters. The summed E-state index contributed by atoms with van der Waals surface area (Å²) in [6, 6.07) is 13.5. The summed E-state index contributed by atoms with van der Waals surface area (Å²) in [5, 5.41) is 9.28. The van der Waals surface area contributed by atoms with Gasteiger partial charge in [-0.25, -0.2) is 4.98 Å². The smallest absolute Gasteiger partial charge is 0.249 e. The largest absolute Gasteiger partial charge is 0.490 e. The Labute approximate surface area is 152 Å². The van der Waals surface area contributed by atoms with Crippen molar-refractivity contribution in [1.82, 2.24) is 10.3 Å². The van der Waals surface area contributed by atoms with E-state index in [-0.39, 0.29) is 12.0 Å². The molecule has 1 amide bonds. The number of carbonyl (C=O) groups excluding carboxylic acids is 1. The molecule has 26 heavy (non-hydrogen) atoms. The summed E-state index contributed by atoms with van der Waals surface area (Å²) < 4.78 is 6.05. The van der Waals surface area contributed by atoms with Crippen molar-refractivity contribution in [3.05, 3.63) is 54.2 Å². The van der Waals surface area contributed by atoms with Gasteiger partial charge in [0.2, 0.25) is 5.91 Å². The van der Waals surface area contributed by atoms with E-state index in [1.807, 2.05) is 36.4 Å². The molecule has 3 heterocycles. The molecule has 2 aliphatic rings. The molecule has 6 nitrogen and oxygen atoms in total. The van der Waals surface area contributed by atoms with Crippen LogP contribution in [0.15, 0.2) is 53.8 Å². The molecular formula is C20H22N4O2. The summed E-state index contributed by atoms with van der Waals surface area (Å²) in [4.78, 5) is 16.4. The number of nitrogens with zero attached hydrogens (tertiary/aromatic N) is 3. The Bertz CT molecular complexity index is 783. The number of nitrogens with one attached hydrogen (secondary N) is 1. The highest BCUT2D eigenvalue weighted by Crippen LogP contribution is 2.23. The first-order chi connectivity index (χ1) is 12.8. The van der Waals surface area contributed by atoms with Crippen LogP contribution in [0.3, 0.4) is 0 Å². The molecule has 0 spiro atoms. The summed E-state index contributed by atoms with van der Waals surface area (Å²) in [5.74, 6) is 1.41. The molecule has 0 saturated carbocycles. The predicted molar refractivity (Wildman–Crippen MR) is 100 cm³/mol. The Morgan fingerprint density at radius 2 is 1.85 bits per heavy atom. The molecule has 2 aromatic rings. The van der Waals surface area contributed by atoms with Gasteiger partial charge in [0.25, 0.3) is 0 Å². The topological polar surface area (TPSA) is 66.8 Å². The van der Waals surface area contributed by atoms with Crippen LogP contribution in [-0.2, 0) is 4.79 Å². The van der Waals surface area contributed by atoms with E-state index in [9.17, 15) is 4.79 Å². The fourth-order valence-electron chi connectivity index (χ4n) is 3.25. The number of piperidine rings is 1. The van der Waals surface area contributed by atoms with Gasteiger partial charge in [-0.2, -0.15) is 10.1 Å². The van der Waals surface area contributed by atoms with E-state index in [1.165, 1.54) is 5.01 Å². The Morgan fingerprint density at radius 1 is 1.04 bits per heavy atom. The van der Waals surface area contributed by atoms with Crippen molar-refractivity contribution >= 4 is 17.4 Å². The third kappa shape index (κ3) is 3.75. The van der Waals surface area contributed by atoms with E-state index < -0.39 is 0 Å². The van der Waals surface area contributed by atoms with E-state index >= 15 is 0 Å². The van der Waals surface area contributed by atoms with E-state index in [2.05, 4.69) is 15.4 Å². The summed E-state index contributed by atoms with van der Waals surface area (Å²) >= 11 is 0. The van der Waals surface area contributed by atoms with Gasteiger partial charge in [0.1, 0.15) is 11.9 Å². The van der Waals surface area contributed by atoms with E-state index in [1.54, 1.807) is 12.3 Å². The Hall–Kier alpha value is -2.73. The minimum atomic E-state index is -0.0293. The first kappa shape index (κ1) is 16.7. The molecule has 1 saturated heterocycles. The van der Waals surface area contributed by atoms with Gasteiger partial charge in [0.05, 0.1) is 5.71 Å². The van der Waals surface area contributed by atoms with Crippen molar-refractivity contribution < 1.29 is 9.53 Å². The van der Waals surface area contributed by atoms with E-state index in [4.69, 9.17) is 4.74 Å². The second-order valence-corrected chi connectivity index (χ2v) is 6.53. The number of hydrogen-bond acceptors (Lipinski definition) is 5. The predicted octanol–water partition coefficient (Wildman–Crippen LogP) is 2.74. The van der Waals surface area contributed by atoms with Gasteiger partial charge in [0.15, 0.2) is 5.82 Å². The van der Waals surface area contributed by atoms with Crippen molar-refractivity contribution in [1.29, 1.82) is 0 Å². The van der Waals surface area contributed by atoms with Gasteiger partial charge < -0.3 is 10.1 Å². The SMILES string of the molecule is O=C1CCC(c2ccc(OC3CCNCC3)cc2)=NN1c1ccccn1. The molecule has 1 fully saturated rings. The highest BCUT2D eigenvalue weighted by Gasteiger charge is 2.23.